The molecule has 3 aliphatic rings. The molecule has 1 aromatic carbocycles. The van der Waals surface area contributed by atoms with Crippen molar-refractivity contribution in [2.24, 2.45) is 5.73 Å². The molecule has 0 unspecified atom stereocenters. The van der Waals surface area contributed by atoms with Crippen LogP contribution in [0, 0.1) is 6.92 Å². The van der Waals surface area contributed by atoms with Gasteiger partial charge in [0.25, 0.3) is 0 Å². The van der Waals surface area contributed by atoms with E-state index in [1.807, 2.05) is 37.5 Å². The number of anilines is 3. The Balaban J connectivity index is 0.00000202. The van der Waals surface area contributed by atoms with E-state index in [0.29, 0.717) is 37.2 Å². The number of fused-ring (bicyclic) bond motifs is 1. The monoisotopic (exact) mass is 619 g/mol. The van der Waals surface area contributed by atoms with Crippen molar-refractivity contribution in [2.45, 2.75) is 95.3 Å². The van der Waals surface area contributed by atoms with Gasteiger partial charge in [0.1, 0.15) is 0 Å². The molecule has 3 fully saturated rings. The van der Waals surface area contributed by atoms with E-state index in [4.69, 9.17) is 25.5 Å². The van der Waals surface area contributed by atoms with Gasteiger partial charge in [-0.3, -0.25) is 5.32 Å². The Bertz CT molecular complexity index is 1320. The summed E-state index contributed by atoms with van der Waals surface area (Å²) in [6, 6.07) is 8.94. The third-order valence-corrected chi connectivity index (χ3v) is 8.52. The first-order chi connectivity index (χ1) is 19.5. The number of carbonyl (C=O) groups excluding carboxylic acids is 1. The number of amides is 1. The average molecular weight is 621 g/mol. The van der Waals surface area contributed by atoms with E-state index in [-0.39, 0.29) is 30.9 Å². The molecule has 0 bridgehead atoms. The van der Waals surface area contributed by atoms with E-state index >= 15 is 0 Å². The van der Waals surface area contributed by atoms with Crippen molar-refractivity contribution < 1.29 is 9.63 Å². The van der Waals surface area contributed by atoms with Crippen molar-refractivity contribution in [2.75, 3.05) is 29.0 Å². The Morgan fingerprint density at radius 1 is 0.952 bits per heavy atom. The zero-order valence-electron chi connectivity index (χ0n) is 24.1. The summed E-state index contributed by atoms with van der Waals surface area (Å²) in [5.74, 6) is 1.43. The number of hydroxylamine groups is 2. The van der Waals surface area contributed by atoms with Crippen molar-refractivity contribution in [1.82, 2.24) is 24.6 Å². The Kier molecular flexibility index (Phi) is 11.1. The second kappa shape index (κ2) is 14.5. The minimum atomic E-state index is -0.466. The van der Waals surface area contributed by atoms with Crippen LogP contribution in [0.3, 0.4) is 0 Å². The molecule has 42 heavy (non-hydrogen) atoms. The number of nitrogens with two attached hydrogens (primary N) is 1. The summed E-state index contributed by atoms with van der Waals surface area (Å²) >= 11 is 0. The fourth-order valence-electron chi connectivity index (χ4n) is 6.24. The van der Waals surface area contributed by atoms with Crippen LogP contribution in [0.4, 0.5) is 22.2 Å². The predicted molar refractivity (Wildman–Crippen MR) is 171 cm³/mol. The van der Waals surface area contributed by atoms with E-state index < -0.39 is 6.09 Å². The van der Waals surface area contributed by atoms with Gasteiger partial charge < -0.3 is 25.8 Å². The Hall–Kier alpha value is -2.86. The number of rotatable bonds is 7. The van der Waals surface area contributed by atoms with Crippen molar-refractivity contribution >= 4 is 59.5 Å². The number of nitrogens with zero attached hydrogens (tertiary/aromatic N) is 5. The highest BCUT2D eigenvalue weighted by Gasteiger charge is 2.27. The van der Waals surface area contributed by atoms with E-state index in [2.05, 4.69) is 20.5 Å². The fourth-order valence-corrected chi connectivity index (χ4v) is 6.24. The van der Waals surface area contributed by atoms with Gasteiger partial charge in [-0.1, -0.05) is 25.0 Å². The number of piperidine rings is 1. The summed E-state index contributed by atoms with van der Waals surface area (Å²) in [6.07, 6.45) is 12.0. The quantitative estimate of drug-likeness (QED) is 0.258. The summed E-state index contributed by atoms with van der Waals surface area (Å²) in [6.45, 7) is 3.26. The first kappa shape index (κ1) is 32.1. The summed E-state index contributed by atoms with van der Waals surface area (Å²) in [4.78, 5) is 32.6. The number of carbonyl (C=O) groups is 1. The average Bonchev–Trinajstić information content (AvgIpc) is 3.61. The molecule has 5 N–H and O–H groups in total. The molecule has 2 saturated carbocycles. The van der Waals surface area contributed by atoms with Crippen LogP contribution in [0.15, 0.2) is 30.6 Å². The summed E-state index contributed by atoms with van der Waals surface area (Å²) in [5.41, 5.74) is 9.65. The number of aryl methyl sites for hydroxylation is 1. The van der Waals surface area contributed by atoms with Gasteiger partial charge in [-0.25, -0.2) is 9.78 Å². The molecule has 11 nitrogen and oxygen atoms in total. The maximum Gasteiger partial charge on any atom is 0.430 e. The van der Waals surface area contributed by atoms with E-state index in [1.54, 1.807) is 5.06 Å². The molecule has 0 radical (unpaired) electrons. The number of aromatic nitrogens is 4. The molecule has 1 saturated heterocycles. The standard InChI is InChI=1S/C29H41N9O2.2ClH/c1-19-5-4-6-23(17-19)34-29(39)40-37-15-13-22(14-16-37)32-26-25-27(38(18-31-25)24-7-2-3-8-24)36-28(35-26)33-21-11-9-20(30)10-12-21;;/h4-6,17-18,20-22,24H,2-3,7-16,30H2,1H3,(H,34,39)(H2,32,33,35,36);2*1H. The third kappa shape index (κ3) is 7.75. The summed E-state index contributed by atoms with van der Waals surface area (Å²) in [5, 5.41) is 11.8. The van der Waals surface area contributed by atoms with E-state index in [9.17, 15) is 4.79 Å². The predicted octanol–water partition coefficient (Wildman–Crippen LogP) is 5.82. The lowest BCUT2D eigenvalue weighted by Crippen LogP contribution is -2.41. The van der Waals surface area contributed by atoms with Crippen molar-refractivity contribution in [3.8, 4) is 0 Å². The molecular formula is C29H43Cl2N9O2. The maximum atomic E-state index is 12.4. The largest absolute Gasteiger partial charge is 0.430 e. The molecule has 1 amide bonds. The minimum absolute atomic E-state index is 0. The Morgan fingerprint density at radius 2 is 1.67 bits per heavy atom. The SMILES string of the molecule is Cc1cccc(NC(=O)ON2CCC(Nc3nc(NC4CCC(N)CC4)nc4c3ncn4C3CCCC3)CC2)c1.Cl.Cl. The second-order valence-corrected chi connectivity index (χ2v) is 11.6. The third-order valence-electron chi connectivity index (χ3n) is 8.52. The molecule has 13 heteroatoms. The number of hydrogen-bond donors (Lipinski definition) is 4. The van der Waals surface area contributed by atoms with Crippen LogP contribution in [0.1, 0.15) is 75.8 Å². The van der Waals surface area contributed by atoms with Gasteiger partial charge in [0.15, 0.2) is 17.0 Å². The maximum absolute atomic E-state index is 12.4. The van der Waals surface area contributed by atoms with E-state index in [0.717, 1.165) is 79.6 Å². The summed E-state index contributed by atoms with van der Waals surface area (Å²) in [7, 11) is 0. The Labute approximate surface area is 259 Å². The lowest BCUT2D eigenvalue weighted by molar-refractivity contribution is -0.106. The van der Waals surface area contributed by atoms with Crippen molar-refractivity contribution in [3.05, 3.63) is 36.2 Å². The normalized spacial score (nSPS) is 21.8. The van der Waals surface area contributed by atoms with Gasteiger partial charge in [0.05, 0.1) is 6.33 Å². The minimum Gasteiger partial charge on any atom is -0.365 e. The second-order valence-electron chi connectivity index (χ2n) is 11.6. The van der Waals surface area contributed by atoms with E-state index in [1.165, 1.54) is 12.8 Å². The van der Waals surface area contributed by atoms with Gasteiger partial charge in [-0.15, -0.1) is 29.9 Å². The highest BCUT2D eigenvalue weighted by atomic mass is 35.5. The molecule has 2 aliphatic carbocycles. The zero-order valence-corrected chi connectivity index (χ0v) is 25.8. The van der Waals surface area contributed by atoms with Gasteiger partial charge >= 0.3 is 6.09 Å². The number of benzene rings is 1. The fraction of sp³-hybridized carbons (Fsp3) is 0.586. The van der Waals surface area contributed by atoms with Crippen LogP contribution in [-0.2, 0) is 4.84 Å². The highest BCUT2D eigenvalue weighted by molar-refractivity contribution is 5.86. The number of imidazole rings is 1. The molecule has 230 valence electrons. The smallest absolute Gasteiger partial charge is 0.365 e. The van der Waals surface area contributed by atoms with Crippen LogP contribution in [-0.4, -0.2) is 61.9 Å². The van der Waals surface area contributed by atoms with Gasteiger partial charge in [-0.05, 0) is 76.0 Å². The molecule has 3 aromatic rings. The Morgan fingerprint density at radius 3 is 2.38 bits per heavy atom. The number of nitrogens with one attached hydrogen (secondary N) is 3. The molecule has 0 atom stereocenters. The van der Waals surface area contributed by atoms with Crippen LogP contribution < -0.4 is 21.7 Å². The van der Waals surface area contributed by atoms with Gasteiger partial charge in [-0.2, -0.15) is 9.97 Å². The van der Waals surface area contributed by atoms with Gasteiger partial charge in [0.2, 0.25) is 5.95 Å². The number of halogens is 2. The lowest BCUT2D eigenvalue weighted by Gasteiger charge is -2.31. The molecule has 0 spiro atoms. The zero-order chi connectivity index (χ0) is 27.5. The van der Waals surface area contributed by atoms with Crippen molar-refractivity contribution in [3.63, 3.8) is 0 Å². The first-order valence-electron chi connectivity index (χ1n) is 14.8. The van der Waals surface area contributed by atoms with Crippen LogP contribution in [0.2, 0.25) is 0 Å². The first-order valence-corrected chi connectivity index (χ1v) is 14.8. The molecular weight excluding hydrogens is 577 g/mol. The van der Waals surface area contributed by atoms with Gasteiger partial charge in [0, 0.05) is 42.9 Å². The molecule has 6 rings (SSSR count). The molecule has 2 aromatic heterocycles. The van der Waals surface area contributed by atoms with Crippen LogP contribution in [0.5, 0.6) is 0 Å². The van der Waals surface area contributed by atoms with Crippen LogP contribution >= 0.6 is 24.8 Å². The topological polar surface area (TPSA) is 135 Å². The molecule has 3 heterocycles. The highest BCUT2D eigenvalue weighted by Crippen LogP contribution is 2.34. The number of hydrogen-bond acceptors (Lipinski definition) is 9. The summed E-state index contributed by atoms with van der Waals surface area (Å²) < 4.78 is 2.25. The van der Waals surface area contributed by atoms with Crippen LogP contribution in [0.25, 0.3) is 11.2 Å². The van der Waals surface area contributed by atoms with Crippen molar-refractivity contribution in [1.29, 1.82) is 0 Å². The lowest BCUT2D eigenvalue weighted by atomic mass is 9.92. The molecule has 1 aliphatic heterocycles.